The van der Waals surface area contributed by atoms with Crippen LogP contribution >= 0.6 is 0 Å². The summed E-state index contributed by atoms with van der Waals surface area (Å²) in [6, 6.07) is -0.105. The van der Waals surface area contributed by atoms with E-state index < -0.39 is 0 Å². The van der Waals surface area contributed by atoms with Gasteiger partial charge in [-0.15, -0.1) is 0 Å². The van der Waals surface area contributed by atoms with Crippen molar-refractivity contribution in [2.75, 3.05) is 6.61 Å². The number of nitrogens with one attached hydrogen (secondary N) is 2. The lowest BCUT2D eigenvalue weighted by atomic mass is 9.99. The molecule has 0 aliphatic carbocycles. The average molecular weight is 294 g/mol. The van der Waals surface area contributed by atoms with Crippen LogP contribution < -0.4 is 15.4 Å². The highest BCUT2D eigenvalue weighted by Gasteiger charge is 2.26. The first kappa shape index (κ1) is 15.3. The Morgan fingerprint density at radius 3 is 2.81 bits per heavy atom. The third kappa shape index (κ3) is 3.53. The first-order chi connectivity index (χ1) is 9.88. The summed E-state index contributed by atoms with van der Waals surface area (Å²) >= 11 is 0. The van der Waals surface area contributed by atoms with Gasteiger partial charge in [0, 0.05) is 25.6 Å². The van der Waals surface area contributed by atoms with Crippen LogP contribution in [0.5, 0.6) is 5.75 Å². The third-order valence-electron chi connectivity index (χ3n) is 3.81. The van der Waals surface area contributed by atoms with Crippen molar-refractivity contribution in [2.24, 2.45) is 7.05 Å². The minimum atomic E-state index is -0.189. The van der Waals surface area contributed by atoms with Gasteiger partial charge in [0.25, 0.3) is 5.91 Å². The number of carbonyl (C=O) groups is 2. The molecule has 1 saturated heterocycles. The van der Waals surface area contributed by atoms with E-state index in [2.05, 4.69) is 15.7 Å². The number of hydrogen-bond acceptors (Lipinski definition) is 4. The minimum Gasteiger partial charge on any atom is -0.480 e. The molecule has 1 aliphatic rings. The van der Waals surface area contributed by atoms with Gasteiger partial charge in [-0.2, -0.15) is 5.10 Å². The normalized spacial score (nSPS) is 21.8. The van der Waals surface area contributed by atoms with E-state index in [0.717, 1.165) is 11.4 Å². The molecule has 0 bridgehead atoms. The maximum atomic E-state index is 12.0. The predicted octanol–water partition coefficient (Wildman–Crippen LogP) is 0.199. The Balaban J connectivity index is 1.86. The second kappa shape index (κ2) is 6.15. The molecule has 21 heavy (non-hydrogen) atoms. The van der Waals surface area contributed by atoms with Gasteiger partial charge in [0.15, 0.2) is 12.4 Å². The lowest BCUT2D eigenvalue weighted by molar-refractivity contribution is -0.127. The van der Waals surface area contributed by atoms with Crippen LogP contribution in [-0.2, 0) is 16.6 Å². The highest BCUT2D eigenvalue weighted by Crippen LogP contribution is 2.21. The Morgan fingerprint density at radius 2 is 2.24 bits per heavy atom. The van der Waals surface area contributed by atoms with Crippen LogP contribution in [0.2, 0.25) is 0 Å². The molecule has 1 aromatic rings. The lowest BCUT2D eigenvalue weighted by Gasteiger charge is -2.30. The van der Waals surface area contributed by atoms with Crippen LogP contribution in [0.3, 0.4) is 0 Å². The van der Waals surface area contributed by atoms with Gasteiger partial charge in [0.05, 0.1) is 5.69 Å². The fraction of sp³-hybridized carbons (Fsp3) is 0.643. The van der Waals surface area contributed by atoms with Crippen LogP contribution in [-0.4, -0.2) is 40.3 Å². The number of aromatic nitrogens is 2. The van der Waals surface area contributed by atoms with E-state index in [1.54, 1.807) is 4.68 Å². The molecular weight excluding hydrogens is 272 g/mol. The smallest absolute Gasteiger partial charge is 0.258 e. The topological polar surface area (TPSA) is 85.2 Å². The SMILES string of the molecule is Cc1nn(C)c(C)c1OCC(=O)NC1CCC(=O)NC1C. The molecule has 2 rings (SSSR count). The molecular formula is C14H22N4O3. The van der Waals surface area contributed by atoms with Gasteiger partial charge in [0.1, 0.15) is 5.69 Å². The zero-order chi connectivity index (χ0) is 15.6. The summed E-state index contributed by atoms with van der Waals surface area (Å²) in [7, 11) is 1.83. The Hall–Kier alpha value is -2.05. The predicted molar refractivity (Wildman–Crippen MR) is 76.9 cm³/mol. The number of ether oxygens (including phenoxy) is 1. The highest BCUT2D eigenvalue weighted by molar-refractivity contribution is 5.80. The minimum absolute atomic E-state index is 0.0332. The molecule has 2 N–H and O–H groups in total. The lowest BCUT2D eigenvalue weighted by Crippen LogP contribution is -2.54. The van der Waals surface area contributed by atoms with Gasteiger partial charge in [0.2, 0.25) is 5.91 Å². The summed E-state index contributed by atoms with van der Waals surface area (Å²) in [5.41, 5.74) is 1.65. The molecule has 116 valence electrons. The zero-order valence-corrected chi connectivity index (χ0v) is 12.9. The van der Waals surface area contributed by atoms with Crippen molar-refractivity contribution in [3.8, 4) is 5.75 Å². The van der Waals surface area contributed by atoms with Crippen LogP contribution in [0.1, 0.15) is 31.2 Å². The van der Waals surface area contributed by atoms with Crippen LogP contribution in [0.25, 0.3) is 0 Å². The second-order valence-corrected chi connectivity index (χ2v) is 5.48. The van der Waals surface area contributed by atoms with Gasteiger partial charge in [-0.3, -0.25) is 14.3 Å². The second-order valence-electron chi connectivity index (χ2n) is 5.48. The van der Waals surface area contributed by atoms with Crippen LogP contribution in [0.15, 0.2) is 0 Å². The number of nitrogens with zero attached hydrogens (tertiary/aromatic N) is 2. The maximum absolute atomic E-state index is 12.0. The summed E-state index contributed by atoms with van der Waals surface area (Å²) in [6.45, 7) is 5.58. The molecule has 1 fully saturated rings. The van der Waals surface area contributed by atoms with E-state index in [9.17, 15) is 9.59 Å². The third-order valence-corrected chi connectivity index (χ3v) is 3.81. The molecule has 0 aromatic carbocycles. The summed E-state index contributed by atoms with van der Waals surface area (Å²) in [6.07, 6.45) is 1.10. The van der Waals surface area contributed by atoms with Crippen molar-refractivity contribution >= 4 is 11.8 Å². The monoisotopic (exact) mass is 294 g/mol. The van der Waals surface area contributed by atoms with E-state index in [1.165, 1.54) is 0 Å². The molecule has 0 spiro atoms. The van der Waals surface area contributed by atoms with Crippen molar-refractivity contribution in [1.82, 2.24) is 20.4 Å². The fourth-order valence-corrected chi connectivity index (χ4v) is 2.51. The standard InChI is InChI=1S/C14H22N4O3/c1-8-11(5-6-12(19)15-8)16-13(20)7-21-14-9(2)17-18(4)10(14)3/h8,11H,5-7H2,1-4H3,(H,15,19)(H,16,20). The molecule has 0 saturated carbocycles. The highest BCUT2D eigenvalue weighted by atomic mass is 16.5. The number of amides is 2. The van der Waals surface area contributed by atoms with Crippen molar-refractivity contribution in [3.05, 3.63) is 11.4 Å². The molecule has 1 aliphatic heterocycles. The van der Waals surface area contributed by atoms with Crippen LogP contribution in [0.4, 0.5) is 0 Å². The fourth-order valence-electron chi connectivity index (χ4n) is 2.51. The molecule has 7 nitrogen and oxygen atoms in total. The van der Waals surface area contributed by atoms with Crippen molar-refractivity contribution in [1.29, 1.82) is 0 Å². The summed E-state index contributed by atoms with van der Waals surface area (Å²) in [5.74, 6) is 0.495. The van der Waals surface area contributed by atoms with Crippen molar-refractivity contribution in [2.45, 2.75) is 45.7 Å². The molecule has 2 unspecified atom stereocenters. The molecule has 7 heteroatoms. The Labute approximate surface area is 124 Å². The van der Waals surface area contributed by atoms with E-state index in [0.29, 0.717) is 18.6 Å². The largest absolute Gasteiger partial charge is 0.480 e. The zero-order valence-electron chi connectivity index (χ0n) is 12.9. The Bertz CT molecular complexity index is 553. The van der Waals surface area contributed by atoms with Gasteiger partial charge in [-0.05, 0) is 27.2 Å². The first-order valence-electron chi connectivity index (χ1n) is 7.10. The van der Waals surface area contributed by atoms with Crippen LogP contribution in [0, 0.1) is 13.8 Å². The number of aryl methyl sites for hydroxylation is 2. The summed E-state index contributed by atoms with van der Waals surface area (Å²) in [4.78, 5) is 23.2. The molecule has 1 aromatic heterocycles. The van der Waals surface area contributed by atoms with E-state index >= 15 is 0 Å². The number of carbonyl (C=O) groups excluding carboxylic acids is 2. The van der Waals surface area contributed by atoms with Gasteiger partial charge < -0.3 is 15.4 Å². The van der Waals surface area contributed by atoms with Gasteiger partial charge >= 0.3 is 0 Å². The van der Waals surface area contributed by atoms with Crippen molar-refractivity contribution < 1.29 is 14.3 Å². The molecule has 2 atom stereocenters. The van der Waals surface area contributed by atoms with E-state index in [-0.39, 0.29) is 30.5 Å². The number of rotatable bonds is 4. The van der Waals surface area contributed by atoms with Crippen molar-refractivity contribution in [3.63, 3.8) is 0 Å². The molecule has 2 amide bonds. The Morgan fingerprint density at radius 1 is 1.52 bits per heavy atom. The quantitative estimate of drug-likeness (QED) is 0.830. The van der Waals surface area contributed by atoms with E-state index in [1.807, 2.05) is 27.8 Å². The van der Waals surface area contributed by atoms with E-state index in [4.69, 9.17) is 4.74 Å². The number of piperidine rings is 1. The summed E-state index contributed by atoms with van der Waals surface area (Å²) in [5, 5.41) is 9.96. The van der Waals surface area contributed by atoms with Gasteiger partial charge in [-0.25, -0.2) is 0 Å². The number of hydrogen-bond donors (Lipinski definition) is 2. The molecule has 2 heterocycles. The first-order valence-corrected chi connectivity index (χ1v) is 7.10. The van der Waals surface area contributed by atoms with Gasteiger partial charge in [-0.1, -0.05) is 0 Å². The average Bonchev–Trinajstić information content (AvgIpc) is 2.65. The Kier molecular flexibility index (Phi) is 4.50. The maximum Gasteiger partial charge on any atom is 0.258 e. The molecule has 0 radical (unpaired) electrons. The summed E-state index contributed by atoms with van der Waals surface area (Å²) < 4.78 is 7.29.